The lowest BCUT2D eigenvalue weighted by molar-refractivity contribution is 1.53. The number of thiophene rings is 1. The molecule has 0 atom stereocenters. The van der Waals surface area contributed by atoms with Crippen LogP contribution in [0.15, 0.2) is 23.1 Å². The maximum absolute atomic E-state index is 3.51. The van der Waals surface area contributed by atoms with E-state index >= 15 is 0 Å². The molecule has 0 saturated carbocycles. The summed E-state index contributed by atoms with van der Waals surface area (Å²) in [6.07, 6.45) is 2.13. The predicted molar refractivity (Wildman–Crippen MR) is 79.0 cm³/mol. The molecule has 0 bridgehead atoms. The van der Waals surface area contributed by atoms with Gasteiger partial charge in [-0.25, -0.2) is 0 Å². The molecule has 0 aliphatic carbocycles. The van der Waals surface area contributed by atoms with Crippen LogP contribution in [0, 0.1) is 3.57 Å². The molecule has 0 radical (unpaired) electrons. The molecule has 0 nitrogen and oxygen atoms in total. The topological polar surface area (TPSA) is 0 Å². The van der Waals surface area contributed by atoms with Crippen molar-refractivity contribution in [1.82, 2.24) is 0 Å². The van der Waals surface area contributed by atoms with Crippen molar-refractivity contribution in [2.75, 3.05) is 6.26 Å². The minimum atomic E-state index is 0.955. The summed E-state index contributed by atoms with van der Waals surface area (Å²) < 4.78 is 2.78. The highest BCUT2D eigenvalue weighted by Crippen LogP contribution is 2.36. The molecular weight excluding hydrogens is 391 g/mol. The Morgan fingerprint density at radius 3 is 2.93 bits per heavy atom. The molecule has 0 spiro atoms. The molecule has 14 heavy (non-hydrogen) atoms. The Labute approximate surface area is 114 Å². The van der Waals surface area contributed by atoms with Gasteiger partial charge in [-0.3, -0.25) is 0 Å². The van der Waals surface area contributed by atoms with Gasteiger partial charge >= 0.3 is 0 Å². The van der Waals surface area contributed by atoms with Gasteiger partial charge in [0.1, 0.15) is 0 Å². The van der Waals surface area contributed by atoms with Gasteiger partial charge in [-0.05, 0) is 47.0 Å². The first-order chi connectivity index (χ1) is 6.76. The number of fused-ring (bicyclic) bond motifs is 1. The fourth-order valence-corrected chi connectivity index (χ4v) is 4.25. The van der Waals surface area contributed by atoms with E-state index in [9.17, 15) is 0 Å². The number of thioether (sulfide) groups is 1. The van der Waals surface area contributed by atoms with Crippen LogP contribution in [0.4, 0.5) is 0 Å². The smallest absolute Gasteiger partial charge is 0.0490 e. The van der Waals surface area contributed by atoms with E-state index in [1.165, 1.54) is 23.4 Å². The SMILES string of the molecule is CSc1ccc(I)c2sc(CBr)cc12. The van der Waals surface area contributed by atoms with Crippen LogP contribution in [0.5, 0.6) is 0 Å². The maximum atomic E-state index is 3.51. The molecule has 0 aliphatic heterocycles. The van der Waals surface area contributed by atoms with Crippen LogP contribution in [0.2, 0.25) is 0 Å². The van der Waals surface area contributed by atoms with E-state index in [2.05, 4.69) is 63.0 Å². The second kappa shape index (κ2) is 4.72. The Balaban J connectivity index is 2.74. The van der Waals surface area contributed by atoms with Gasteiger partial charge in [0.25, 0.3) is 0 Å². The van der Waals surface area contributed by atoms with Gasteiger partial charge in [-0.2, -0.15) is 0 Å². The first-order valence-electron chi connectivity index (χ1n) is 4.07. The number of rotatable bonds is 2. The molecular formula is C10H8BrIS2. The average Bonchev–Trinajstić information content (AvgIpc) is 2.63. The summed E-state index contributed by atoms with van der Waals surface area (Å²) in [5.74, 6) is 0. The quantitative estimate of drug-likeness (QED) is 0.384. The standard InChI is InChI=1S/C10H8BrIS2/c1-13-9-3-2-8(12)10-7(9)4-6(5-11)14-10/h2-4H,5H2,1H3. The highest BCUT2D eigenvalue weighted by Gasteiger charge is 2.07. The van der Waals surface area contributed by atoms with Crippen molar-refractivity contribution < 1.29 is 0 Å². The van der Waals surface area contributed by atoms with Crippen LogP contribution >= 0.6 is 61.6 Å². The molecule has 4 heteroatoms. The lowest BCUT2D eigenvalue weighted by Crippen LogP contribution is -1.74. The van der Waals surface area contributed by atoms with E-state index in [1.54, 1.807) is 0 Å². The van der Waals surface area contributed by atoms with Gasteiger partial charge in [0, 0.05) is 28.8 Å². The zero-order valence-electron chi connectivity index (χ0n) is 7.51. The minimum Gasteiger partial charge on any atom is -0.138 e. The second-order valence-corrected chi connectivity index (χ2v) is 6.55. The van der Waals surface area contributed by atoms with Crippen molar-refractivity contribution in [3.63, 3.8) is 0 Å². The van der Waals surface area contributed by atoms with Crippen molar-refractivity contribution >= 4 is 71.7 Å². The van der Waals surface area contributed by atoms with Crippen molar-refractivity contribution in [2.24, 2.45) is 0 Å². The summed E-state index contributed by atoms with van der Waals surface area (Å²) in [6.45, 7) is 0. The predicted octanol–water partition coefficient (Wildman–Crippen LogP) is 5.12. The molecule has 0 fully saturated rings. The summed E-state index contributed by atoms with van der Waals surface area (Å²) >= 11 is 9.62. The number of halogens is 2. The van der Waals surface area contributed by atoms with Crippen LogP contribution in [0.1, 0.15) is 4.88 Å². The molecule has 1 aromatic carbocycles. The van der Waals surface area contributed by atoms with E-state index in [1.807, 2.05) is 23.1 Å². The molecule has 0 aliphatic rings. The number of benzene rings is 1. The van der Waals surface area contributed by atoms with E-state index in [-0.39, 0.29) is 0 Å². The van der Waals surface area contributed by atoms with Crippen molar-refractivity contribution in [3.8, 4) is 0 Å². The van der Waals surface area contributed by atoms with Crippen LogP contribution < -0.4 is 0 Å². The first kappa shape index (κ1) is 11.2. The molecule has 0 saturated heterocycles. The van der Waals surface area contributed by atoms with Crippen LogP contribution in [0.25, 0.3) is 10.1 Å². The second-order valence-electron chi connectivity index (χ2n) is 2.84. The Kier molecular flexibility index (Phi) is 3.79. The maximum Gasteiger partial charge on any atom is 0.0490 e. The molecule has 0 N–H and O–H groups in total. The Morgan fingerprint density at radius 1 is 1.50 bits per heavy atom. The summed E-state index contributed by atoms with van der Waals surface area (Å²) in [7, 11) is 0. The van der Waals surface area contributed by atoms with E-state index < -0.39 is 0 Å². The molecule has 1 aromatic heterocycles. The average molecular weight is 399 g/mol. The molecule has 0 unspecified atom stereocenters. The Morgan fingerprint density at radius 2 is 2.29 bits per heavy atom. The fraction of sp³-hybridized carbons (Fsp3) is 0.200. The van der Waals surface area contributed by atoms with Gasteiger partial charge < -0.3 is 0 Å². The Hall–Kier alpha value is 0.740. The largest absolute Gasteiger partial charge is 0.138 e. The zero-order valence-corrected chi connectivity index (χ0v) is 12.9. The third-order valence-electron chi connectivity index (χ3n) is 2.00. The third-order valence-corrected chi connectivity index (χ3v) is 6.20. The molecule has 74 valence electrons. The monoisotopic (exact) mass is 398 g/mol. The van der Waals surface area contributed by atoms with Gasteiger partial charge in [-0.15, -0.1) is 23.1 Å². The lowest BCUT2D eigenvalue weighted by atomic mass is 10.2. The number of hydrogen-bond acceptors (Lipinski definition) is 2. The van der Waals surface area contributed by atoms with Gasteiger partial charge in [-0.1, -0.05) is 15.9 Å². The summed E-state index contributed by atoms with van der Waals surface area (Å²) in [4.78, 5) is 2.78. The molecule has 1 heterocycles. The Bertz CT molecular complexity index is 464. The summed E-state index contributed by atoms with van der Waals surface area (Å²) in [6, 6.07) is 6.70. The molecule has 2 rings (SSSR count). The van der Waals surface area contributed by atoms with Crippen LogP contribution in [0.3, 0.4) is 0 Å². The summed E-state index contributed by atoms with van der Waals surface area (Å²) in [5.41, 5.74) is 0. The van der Waals surface area contributed by atoms with E-state index in [4.69, 9.17) is 0 Å². The zero-order chi connectivity index (χ0) is 10.1. The molecule has 0 amide bonds. The van der Waals surface area contributed by atoms with E-state index in [0.717, 1.165) is 5.33 Å². The van der Waals surface area contributed by atoms with Crippen molar-refractivity contribution in [3.05, 3.63) is 26.6 Å². The van der Waals surface area contributed by atoms with E-state index in [0.29, 0.717) is 0 Å². The minimum absolute atomic E-state index is 0.955. The summed E-state index contributed by atoms with van der Waals surface area (Å²) in [5, 5.41) is 2.36. The highest BCUT2D eigenvalue weighted by atomic mass is 127. The normalized spacial score (nSPS) is 11.1. The highest BCUT2D eigenvalue weighted by molar-refractivity contribution is 14.1. The molecule has 2 aromatic rings. The third kappa shape index (κ3) is 1.99. The van der Waals surface area contributed by atoms with Crippen molar-refractivity contribution in [2.45, 2.75) is 10.2 Å². The van der Waals surface area contributed by atoms with Crippen LogP contribution in [-0.2, 0) is 5.33 Å². The lowest BCUT2D eigenvalue weighted by Gasteiger charge is -1.99. The fourth-order valence-electron chi connectivity index (χ4n) is 1.36. The number of hydrogen-bond donors (Lipinski definition) is 0. The van der Waals surface area contributed by atoms with Gasteiger partial charge in [0.2, 0.25) is 0 Å². The number of alkyl halides is 1. The van der Waals surface area contributed by atoms with Crippen molar-refractivity contribution in [1.29, 1.82) is 0 Å². The first-order valence-corrected chi connectivity index (χ1v) is 8.31. The van der Waals surface area contributed by atoms with Gasteiger partial charge in [0.15, 0.2) is 0 Å². The van der Waals surface area contributed by atoms with Gasteiger partial charge in [0.05, 0.1) is 0 Å². The van der Waals surface area contributed by atoms with Crippen LogP contribution in [-0.4, -0.2) is 6.26 Å².